The number of piperidine rings is 1. The van der Waals surface area contributed by atoms with Crippen molar-refractivity contribution < 1.29 is 9.53 Å². The van der Waals surface area contributed by atoms with Gasteiger partial charge in [0.25, 0.3) is 0 Å². The number of thioether (sulfide) groups is 1. The average molecular weight is 270 g/mol. The van der Waals surface area contributed by atoms with Gasteiger partial charge in [-0.25, -0.2) is 0 Å². The molecule has 0 atom stereocenters. The third kappa shape index (κ3) is 4.52. The summed E-state index contributed by atoms with van der Waals surface area (Å²) in [4.78, 5) is 12.3. The topological polar surface area (TPSA) is 50.4 Å². The number of terminal acetylenes is 1. The number of carbonyl (C=O) groups is 1. The first kappa shape index (κ1) is 15.4. The molecule has 1 rings (SSSR count). The van der Waals surface area contributed by atoms with Gasteiger partial charge in [0, 0.05) is 19.4 Å². The summed E-state index contributed by atoms with van der Waals surface area (Å²) in [5.41, 5.74) is -0.350. The number of hydrogen-bond acceptors (Lipinski definition) is 4. The highest BCUT2D eigenvalue weighted by atomic mass is 32.2. The van der Waals surface area contributed by atoms with Crippen molar-refractivity contribution in [3.05, 3.63) is 0 Å². The van der Waals surface area contributed by atoms with Gasteiger partial charge in [0.2, 0.25) is 5.91 Å². The normalized spacial score (nSPS) is 18.0. The van der Waals surface area contributed by atoms with Crippen LogP contribution in [0.1, 0.15) is 12.8 Å². The summed E-state index contributed by atoms with van der Waals surface area (Å²) >= 11 is 1.66. The summed E-state index contributed by atoms with van der Waals surface area (Å²) in [6.45, 7) is 2.92. The van der Waals surface area contributed by atoms with Crippen LogP contribution in [0.2, 0.25) is 0 Å². The van der Waals surface area contributed by atoms with Crippen LogP contribution in [0.15, 0.2) is 0 Å². The van der Waals surface area contributed by atoms with Gasteiger partial charge in [-0.2, -0.15) is 0 Å². The lowest BCUT2D eigenvalue weighted by atomic mass is 9.78. The predicted octanol–water partition coefficient (Wildman–Crippen LogP) is 0.485. The fourth-order valence-electron chi connectivity index (χ4n) is 2.17. The van der Waals surface area contributed by atoms with E-state index in [2.05, 4.69) is 16.6 Å². The first-order valence-electron chi connectivity index (χ1n) is 6.24. The number of methoxy groups -OCH3 is 1. The largest absolute Gasteiger partial charge is 0.384 e. The van der Waals surface area contributed by atoms with E-state index in [1.165, 1.54) is 0 Å². The maximum atomic E-state index is 12.3. The van der Waals surface area contributed by atoms with E-state index in [-0.39, 0.29) is 11.3 Å². The first-order chi connectivity index (χ1) is 8.75. The number of carbonyl (C=O) groups excluding carboxylic acids is 1. The minimum atomic E-state index is -0.350. The van der Waals surface area contributed by atoms with Crippen LogP contribution < -0.4 is 10.6 Å². The smallest absolute Gasteiger partial charge is 0.228 e. The van der Waals surface area contributed by atoms with Gasteiger partial charge < -0.3 is 15.4 Å². The van der Waals surface area contributed by atoms with Crippen molar-refractivity contribution in [2.45, 2.75) is 12.8 Å². The van der Waals surface area contributed by atoms with Crippen LogP contribution >= 0.6 is 11.8 Å². The van der Waals surface area contributed by atoms with Crippen molar-refractivity contribution in [2.24, 2.45) is 5.41 Å². The van der Waals surface area contributed by atoms with Gasteiger partial charge in [-0.05, 0) is 25.9 Å². The number of hydrogen-bond donors (Lipinski definition) is 2. The zero-order valence-electron chi connectivity index (χ0n) is 11.0. The molecule has 0 aromatic heterocycles. The molecule has 0 saturated carbocycles. The summed E-state index contributed by atoms with van der Waals surface area (Å²) in [7, 11) is 1.65. The van der Waals surface area contributed by atoms with Crippen LogP contribution in [0, 0.1) is 17.8 Å². The van der Waals surface area contributed by atoms with E-state index in [1.807, 2.05) is 0 Å². The standard InChI is InChI=1S/C13H22N2O2S/c1-3-9-18-10-8-15-12(16)13(11-17-2)4-6-14-7-5-13/h1,14H,4-11H2,2H3,(H,15,16). The minimum Gasteiger partial charge on any atom is -0.384 e. The second-order valence-electron chi connectivity index (χ2n) is 4.48. The van der Waals surface area contributed by atoms with Crippen LogP contribution in [0.25, 0.3) is 0 Å². The quantitative estimate of drug-likeness (QED) is 0.522. The molecule has 1 aliphatic heterocycles. The van der Waals surface area contributed by atoms with Crippen LogP contribution in [0.4, 0.5) is 0 Å². The third-order valence-corrected chi connectivity index (χ3v) is 4.04. The van der Waals surface area contributed by atoms with Crippen molar-refractivity contribution in [3.63, 3.8) is 0 Å². The Hall–Kier alpha value is -0.700. The van der Waals surface area contributed by atoms with Crippen molar-refractivity contribution in [1.82, 2.24) is 10.6 Å². The monoisotopic (exact) mass is 270 g/mol. The van der Waals surface area contributed by atoms with Gasteiger partial charge in [-0.15, -0.1) is 18.2 Å². The number of rotatable bonds is 7. The zero-order valence-corrected chi connectivity index (χ0v) is 11.8. The van der Waals surface area contributed by atoms with E-state index in [1.54, 1.807) is 18.9 Å². The fraction of sp³-hybridized carbons (Fsp3) is 0.769. The zero-order chi connectivity index (χ0) is 13.3. The molecule has 102 valence electrons. The van der Waals surface area contributed by atoms with Gasteiger partial charge in [0.05, 0.1) is 17.8 Å². The van der Waals surface area contributed by atoms with E-state index >= 15 is 0 Å². The lowest BCUT2D eigenvalue weighted by Crippen LogP contribution is -2.50. The van der Waals surface area contributed by atoms with Crippen molar-refractivity contribution in [2.75, 3.05) is 44.9 Å². The average Bonchev–Trinajstić information content (AvgIpc) is 2.39. The summed E-state index contributed by atoms with van der Waals surface area (Å²) < 4.78 is 5.23. The molecule has 18 heavy (non-hydrogen) atoms. The molecule has 1 saturated heterocycles. The van der Waals surface area contributed by atoms with Gasteiger partial charge >= 0.3 is 0 Å². The Kier molecular flexibility index (Phi) is 7.18. The highest BCUT2D eigenvalue weighted by Gasteiger charge is 2.39. The summed E-state index contributed by atoms with van der Waals surface area (Å²) in [5.74, 6) is 4.24. The van der Waals surface area contributed by atoms with Crippen molar-refractivity contribution in [3.8, 4) is 12.3 Å². The SMILES string of the molecule is C#CCSCCNC(=O)C1(COC)CCNCC1. The maximum absolute atomic E-state index is 12.3. The molecule has 2 N–H and O–H groups in total. The Morgan fingerprint density at radius 1 is 1.56 bits per heavy atom. The van der Waals surface area contributed by atoms with E-state index < -0.39 is 0 Å². The first-order valence-corrected chi connectivity index (χ1v) is 7.40. The predicted molar refractivity (Wildman–Crippen MR) is 75.6 cm³/mol. The summed E-state index contributed by atoms with van der Waals surface area (Å²) in [5, 5.41) is 6.28. The lowest BCUT2D eigenvalue weighted by Gasteiger charge is -2.35. The van der Waals surface area contributed by atoms with Crippen LogP contribution in [-0.4, -0.2) is 50.8 Å². The van der Waals surface area contributed by atoms with Crippen LogP contribution in [-0.2, 0) is 9.53 Å². The fourth-order valence-corrected chi connectivity index (χ4v) is 2.68. The van der Waals surface area contributed by atoms with E-state index in [9.17, 15) is 4.79 Å². The highest BCUT2D eigenvalue weighted by molar-refractivity contribution is 7.99. The molecule has 5 heteroatoms. The summed E-state index contributed by atoms with van der Waals surface area (Å²) in [6.07, 6.45) is 6.84. The third-order valence-electron chi connectivity index (χ3n) is 3.18. The Morgan fingerprint density at radius 3 is 2.89 bits per heavy atom. The molecule has 0 bridgehead atoms. The number of nitrogens with one attached hydrogen (secondary N) is 2. The molecule has 0 radical (unpaired) electrons. The van der Waals surface area contributed by atoms with Crippen molar-refractivity contribution in [1.29, 1.82) is 0 Å². The highest BCUT2D eigenvalue weighted by Crippen LogP contribution is 2.29. The second kappa shape index (κ2) is 8.41. The molecule has 1 aliphatic rings. The molecular formula is C13H22N2O2S. The van der Waals surface area contributed by atoms with E-state index in [4.69, 9.17) is 11.2 Å². The van der Waals surface area contributed by atoms with Crippen LogP contribution in [0.3, 0.4) is 0 Å². The molecule has 0 spiro atoms. The molecule has 0 aliphatic carbocycles. The molecule has 1 amide bonds. The molecular weight excluding hydrogens is 248 g/mol. The number of amides is 1. The Bertz CT molecular complexity index is 290. The van der Waals surface area contributed by atoms with Gasteiger partial charge in [-0.3, -0.25) is 4.79 Å². The van der Waals surface area contributed by atoms with Crippen LogP contribution in [0.5, 0.6) is 0 Å². The Labute approximate surface area is 114 Å². The minimum absolute atomic E-state index is 0.118. The molecule has 4 nitrogen and oxygen atoms in total. The Morgan fingerprint density at radius 2 is 2.28 bits per heavy atom. The van der Waals surface area contributed by atoms with Gasteiger partial charge in [0.1, 0.15) is 0 Å². The van der Waals surface area contributed by atoms with E-state index in [0.29, 0.717) is 18.9 Å². The molecule has 1 fully saturated rings. The Balaban J connectivity index is 2.37. The maximum Gasteiger partial charge on any atom is 0.228 e. The molecule has 1 heterocycles. The second-order valence-corrected chi connectivity index (χ2v) is 5.58. The number of ether oxygens (including phenoxy) is 1. The summed E-state index contributed by atoms with van der Waals surface area (Å²) in [6, 6.07) is 0. The van der Waals surface area contributed by atoms with E-state index in [0.717, 1.165) is 31.7 Å². The molecule has 0 aromatic carbocycles. The van der Waals surface area contributed by atoms with Crippen molar-refractivity contribution >= 4 is 17.7 Å². The lowest BCUT2D eigenvalue weighted by molar-refractivity contribution is -0.136. The molecule has 0 aromatic rings. The van der Waals surface area contributed by atoms with Gasteiger partial charge in [-0.1, -0.05) is 5.92 Å². The molecule has 0 unspecified atom stereocenters. The van der Waals surface area contributed by atoms with Gasteiger partial charge in [0.15, 0.2) is 0 Å².